The molecule has 0 spiro atoms. The largest absolute Gasteiger partial charge is 0.504 e. The van der Waals surface area contributed by atoms with Gasteiger partial charge in [0.25, 0.3) is 0 Å². The number of carbonyl (C=O) groups is 1. The molecule has 0 radical (unpaired) electrons. The molecule has 0 amide bonds. The lowest BCUT2D eigenvalue weighted by Gasteiger charge is -2.14. The van der Waals surface area contributed by atoms with Gasteiger partial charge in [-0.3, -0.25) is 4.79 Å². The van der Waals surface area contributed by atoms with Gasteiger partial charge in [-0.2, -0.15) is 0 Å². The van der Waals surface area contributed by atoms with E-state index in [4.69, 9.17) is 14.2 Å². The summed E-state index contributed by atoms with van der Waals surface area (Å²) in [7, 11) is 4.19. The summed E-state index contributed by atoms with van der Waals surface area (Å²) in [5, 5.41) is 9.53. The van der Waals surface area contributed by atoms with Crippen LogP contribution in [0, 0.1) is 0 Å². The summed E-state index contributed by atoms with van der Waals surface area (Å²) in [6, 6.07) is 1.26. The third-order valence-electron chi connectivity index (χ3n) is 1.94. The summed E-state index contributed by atoms with van der Waals surface area (Å²) in [5.41, 5.74) is 0.202. The second-order valence-corrected chi connectivity index (χ2v) is 2.70. The minimum atomic E-state index is -0.169. The third-order valence-corrected chi connectivity index (χ3v) is 1.94. The zero-order chi connectivity index (χ0) is 11.4. The summed E-state index contributed by atoms with van der Waals surface area (Å²) in [6.45, 7) is 0. The van der Waals surface area contributed by atoms with Crippen LogP contribution >= 0.6 is 0 Å². The second kappa shape index (κ2) is 4.54. The molecule has 0 aliphatic carbocycles. The van der Waals surface area contributed by atoms with Crippen molar-refractivity contribution in [2.45, 2.75) is 0 Å². The minimum absolute atomic E-state index is 0.139. The van der Waals surface area contributed by atoms with E-state index in [1.165, 1.54) is 27.4 Å². The number of methoxy groups -OCH3 is 3. The molecule has 1 aromatic rings. The van der Waals surface area contributed by atoms with Crippen LogP contribution in [0.3, 0.4) is 0 Å². The first kappa shape index (κ1) is 11.2. The van der Waals surface area contributed by atoms with Crippen LogP contribution < -0.4 is 14.2 Å². The topological polar surface area (TPSA) is 65.0 Å². The van der Waals surface area contributed by atoms with E-state index in [-0.39, 0.29) is 28.6 Å². The van der Waals surface area contributed by atoms with Crippen molar-refractivity contribution in [1.29, 1.82) is 0 Å². The van der Waals surface area contributed by atoms with Crippen molar-refractivity contribution in [2.75, 3.05) is 21.3 Å². The Morgan fingerprint density at radius 3 is 2.00 bits per heavy atom. The quantitative estimate of drug-likeness (QED) is 0.760. The maximum absolute atomic E-state index is 10.7. The molecule has 0 aliphatic rings. The van der Waals surface area contributed by atoms with E-state index >= 15 is 0 Å². The molecule has 0 bridgehead atoms. The zero-order valence-corrected chi connectivity index (χ0v) is 8.73. The predicted octanol–water partition coefficient (Wildman–Crippen LogP) is 1.23. The van der Waals surface area contributed by atoms with Crippen molar-refractivity contribution in [3.63, 3.8) is 0 Å². The normalized spacial score (nSPS) is 9.53. The molecule has 0 aromatic heterocycles. The third kappa shape index (κ3) is 1.81. The van der Waals surface area contributed by atoms with E-state index < -0.39 is 0 Å². The van der Waals surface area contributed by atoms with Gasteiger partial charge in [-0.15, -0.1) is 0 Å². The summed E-state index contributed by atoms with van der Waals surface area (Å²) in [5.74, 6) is 0.404. The van der Waals surface area contributed by atoms with Crippen molar-refractivity contribution in [3.05, 3.63) is 11.6 Å². The fraction of sp³-hybridized carbons (Fsp3) is 0.300. The molecule has 0 atom stereocenters. The molecule has 1 aromatic carbocycles. The Morgan fingerprint density at radius 2 is 1.60 bits per heavy atom. The summed E-state index contributed by atoms with van der Waals surface area (Å²) < 4.78 is 15.0. The van der Waals surface area contributed by atoms with E-state index in [1.54, 1.807) is 0 Å². The van der Waals surface area contributed by atoms with Crippen LogP contribution in [0.1, 0.15) is 10.4 Å². The number of benzene rings is 1. The van der Waals surface area contributed by atoms with Gasteiger partial charge in [0.05, 0.1) is 26.9 Å². The van der Waals surface area contributed by atoms with Gasteiger partial charge in [0, 0.05) is 0 Å². The van der Waals surface area contributed by atoms with Crippen LogP contribution in [0.2, 0.25) is 0 Å². The molecule has 0 fully saturated rings. The Balaban J connectivity index is 3.51. The van der Waals surface area contributed by atoms with Crippen molar-refractivity contribution >= 4 is 6.29 Å². The van der Waals surface area contributed by atoms with Crippen LogP contribution in [0.5, 0.6) is 23.0 Å². The first-order chi connectivity index (χ1) is 7.19. The molecular weight excluding hydrogens is 200 g/mol. The van der Waals surface area contributed by atoms with Crippen molar-refractivity contribution in [3.8, 4) is 23.0 Å². The maximum Gasteiger partial charge on any atom is 0.207 e. The van der Waals surface area contributed by atoms with Gasteiger partial charge < -0.3 is 19.3 Å². The summed E-state index contributed by atoms with van der Waals surface area (Å²) in [6.07, 6.45) is 0.570. The van der Waals surface area contributed by atoms with Crippen LogP contribution in [-0.2, 0) is 0 Å². The fourth-order valence-electron chi connectivity index (χ4n) is 1.31. The van der Waals surface area contributed by atoms with E-state index in [0.717, 1.165) is 0 Å². The highest BCUT2D eigenvalue weighted by atomic mass is 16.5. The standard InChI is InChI=1S/C10H12O5/c1-13-8-6(5-11)4-7(12)9(14-2)10(8)15-3/h4-5,12H,1-3H3. The smallest absolute Gasteiger partial charge is 0.207 e. The Labute approximate surface area is 87.2 Å². The molecule has 0 aliphatic heterocycles. The summed E-state index contributed by atoms with van der Waals surface area (Å²) in [4.78, 5) is 10.7. The maximum atomic E-state index is 10.7. The van der Waals surface area contributed by atoms with Gasteiger partial charge in [0.1, 0.15) is 0 Å². The fourth-order valence-corrected chi connectivity index (χ4v) is 1.31. The molecule has 82 valence electrons. The van der Waals surface area contributed by atoms with E-state index in [2.05, 4.69) is 0 Å². The van der Waals surface area contributed by atoms with Gasteiger partial charge >= 0.3 is 0 Å². The summed E-state index contributed by atoms with van der Waals surface area (Å²) >= 11 is 0. The molecule has 5 heteroatoms. The van der Waals surface area contributed by atoms with Gasteiger partial charge in [0.15, 0.2) is 17.8 Å². The Morgan fingerprint density at radius 1 is 1.07 bits per heavy atom. The van der Waals surface area contributed by atoms with Crippen molar-refractivity contribution < 1.29 is 24.1 Å². The SMILES string of the molecule is COc1c(O)cc(C=O)c(OC)c1OC. The number of aldehydes is 1. The van der Waals surface area contributed by atoms with Crippen LogP contribution in [-0.4, -0.2) is 32.7 Å². The number of hydrogen-bond donors (Lipinski definition) is 1. The molecule has 0 saturated carbocycles. The molecule has 0 unspecified atom stereocenters. The lowest BCUT2D eigenvalue weighted by atomic mass is 10.1. The molecule has 0 saturated heterocycles. The number of phenolic OH excluding ortho intramolecular Hbond substituents is 1. The highest BCUT2D eigenvalue weighted by Gasteiger charge is 2.19. The van der Waals surface area contributed by atoms with E-state index in [0.29, 0.717) is 6.29 Å². The Hall–Kier alpha value is -1.91. The number of rotatable bonds is 4. The first-order valence-corrected chi connectivity index (χ1v) is 4.16. The Kier molecular flexibility index (Phi) is 3.38. The molecule has 5 nitrogen and oxygen atoms in total. The highest BCUT2D eigenvalue weighted by Crippen LogP contribution is 2.45. The molecule has 1 rings (SSSR count). The number of hydrogen-bond acceptors (Lipinski definition) is 5. The van der Waals surface area contributed by atoms with Crippen molar-refractivity contribution in [2.24, 2.45) is 0 Å². The van der Waals surface area contributed by atoms with Gasteiger partial charge in [-0.1, -0.05) is 0 Å². The molecular formula is C10H12O5. The van der Waals surface area contributed by atoms with Gasteiger partial charge in [0.2, 0.25) is 11.5 Å². The molecule has 15 heavy (non-hydrogen) atoms. The lowest BCUT2D eigenvalue weighted by molar-refractivity contribution is 0.111. The number of phenols is 1. The lowest BCUT2D eigenvalue weighted by Crippen LogP contribution is -1.98. The van der Waals surface area contributed by atoms with Crippen LogP contribution in [0.25, 0.3) is 0 Å². The van der Waals surface area contributed by atoms with Crippen molar-refractivity contribution in [1.82, 2.24) is 0 Å². The second-order valence-electron chi connectivity index (χ2n) is 2.70. The van der Waals surface area contributed by atoms with Gasteiger partial charge in [-0.25, -0.2) is 0 Å². The Bertz CT molecular complexity index is 373. The van der Waals surface area contributed by atoms with E-state index in [9.17, 15) is 9.90 Å². The van der Waals surface area contributed by atoms with Crippen LogP contribution in [0.15, 0.2) is 6.07 Å². The van der Waals surface area contributed by atoms with Gasteiger partial charge in [-0.05, 0) is 6.07 Å². The molecule has 1 N–H and O–H groups in total. The predicted molar refractivity (Wildman–Crippen MR) is 53.2 cm³/mol. The first-order valence-electron chi connectivity index (χ1n) is 4.16. The number of ether oxygens (including phenoxy) is 3. The average Bonchev–Trinajstić information content (AvgIpc) is 2.27. The highest BCUT2D eigenvalue weighted by molar-refractivity contribution is 5.84. The van der Waals surface area contributed by atoms with E-state index in [1.807, 2.05) is 0 Å². The minimum Gasteiger partial charge on any atom is -0.504 e. The average molecular weight is 212 g/mol. The zero-order valence-electron chi connectivity index (χ0n) is 8.73. The van der Waals surface area contributed by atoms with Crippen LogP contribution in [0.4, 0.5) is 0 Å². The number of aromatic hydroxyl groups is 1. The monoisotopic (exact) mass is 212 g/mol. The molecule has 0 heterocycles. The number of carbonyl (C=O) groups excluding carboxylic acids is 1.